The highest BCUT2D eigenvalue weighted by atomic mass is 19.4. The zero-order chi connectivity index (χ0) is 22.8. The number of nitrogens with zero attached hydrogens (tertiary/aromatic N) is 2. The fourth-order valence-corrected chi connectivity index (χ4v) is 3.45. The van der Waals surface area contributed by atoms with Gasteiger partial charge in [0.1, 0.15) is 12.3 Å². The summed E-state index contributed by atoms with van der Waals surface area (Å²) in [5.41, 5.74) is 1.41. The summed E-state index contributed by atoms with van der Waals surface area (Å²) in [7, 11) is 1.57. The van der Waals surface area contributed by atoms with Gasteiger partial charge in [0.15, 0.2) is 6.61 Å². The van der Waals surface area contributed by atoms with E-state index in [0.29, 0.717) is 18.0 Å². The molecular formula is C22H25F3N2O4. The Morgan fingerprint density at radius 1 is 1.16 bits per heavy atom. The van der Waals surface area contributed by atoms with Crippen molar-refractivity contribution in [2.45, 2.75) is 52.0 Å². The number of ether oxygens (including phenoxy) is 2. The van der Waals surface area contributed by atoms with E-state index in [4.69, 9.17) is 9.47 Å². The van der Waals surface area contributed by atoms with Gasteiger partial charge in [0.25, 0.3) is 5.91 Å². The third-order valence-electron chi connectivity index (χ3n) is 5.28. The maximum absolute atomic E-state index is 12.8. The molecule has 0 saturated heterocycles. The molecule has 1 aliphatic rings. The standard InChI is InChI=1S/C22H25F3N2O4/c1-14-10-19(15(2)27(14)13-22(23,24)25)21(29)31-12-20(28)26(17-6-7-17)11-16-4-8-18(30-3)9-5-16/h4-5,8-10,17H,6-7,11-13H2,1-3H3. The fraction of sp³-hybridized carbons (Fsp3) is 0.455. The molecule has 1 aliphatic carbocycles. The number of aromatic nitrogens is 1. The lowest BCUT2D eigenvalue weighted by Gasteiger charge is -2.22. The average Bonchev–Trinajstić information content (AvgIpc) is 3.52. The molecule has 31 heavy (non-hydrogen) atoms. The molecule has 1 aromatic carbocycles. The highest BCUT2D eigenvalue weighted by Crippen LogP contribution is 2.29. The van der Waals surface area contributed by atoms with Crippen molar-refractivity contribution in [2.75, 3.05) is 13.7 Å². The van der Waals surface area contributed by atoms with Crippen LogP contribution in [0.4, 0.5) is 13.2 Å². The van der Waals surface area contributed by atoms with Crippen LogP contribution in [0.15, 0.2) is 30.3 Å². The first-order valence-corrected chi connectivity index (χ1v) is 9.92. The van der Waals surface area contributed by atoms with E-state index in [1.807, 2.05) is 24.3 Å². The number of carbonyl (C=O) groups excluding carboxylic acids is 2. The summed E-state index contributed by atoms with van der Waals surface area (Å²) in [6.07, 6.45) is -2.64. The number of halogens is 3. The summed E-state index contributed by atoms with van der Waals surface area (Å²) in [5.74, 6) is -0.434. The van der Waals surface area contributed by atoms with Crippen LogP contribution in [0, 0.1) is 13.8 Å². The monoisotopic (exact) mass is 438 g/mol. The van der Waals surface area contributed by atoms with Crippen LogP contribution in [0.25, 0.3) is 0 Å². The van der Waals surface area contributed by atoms with Gasteiger partial charge in [-0.3, -0.25) is 4.79 Å². The molecule has 1 aromatic heterocycles. The number of methoxy groups -OCH3 is 1. The fourth-order valence-electron chi connectivity index (χ4n) is 3.45. The normalized spacial score (nSPS) is 13.7. The summed E-state index contributed by atoms with van der Waals surface area (Å²) in [6, 6.07) is 8.80. The van der Waals surface area contributed by atoms with E-state index in [1.54, 1.807) is 12.0 Å². The van der Waals surface area contributed by atoms with Crippen LogP contribution in [0.3, 0.4) is 0 Å². The number of alkyl halides is 3. The van der Waals surface area contributed by atoms with Crippen LogP contribution < -0.4 is 4.74 Å². The van der Waals surface area contributed by atoms with Crippen molar-refractivity contribution in [1.82, 2.24) is 9.47 Å². The molecule has 168 valence electrons. The summed E-state index contributed by atoms with van der Waals surface area (Å²) in [4.78, 5) is 26.8. The molecule has 1 amide bonds. The molecule has 0 atom stereocenters. The summed E-state index contributed by atoms with van der Waals surface area (Å²) in [5, 5.41) is 0. The first kappa shape index (κ1) is 22.7. The molecule has 1 saturated carbocycles. The van der Waals surface area contributed by atoms with Crippen molar-refractivity contribution < 1.29 is 32.2 Å². The van der Waals surface area contributed by atoms with Crippen LogP contribution in [-0.2, 0) is 22.6 Å². The van der Waals surface area contributed by atoms with Gasteiger partial charge in [-0.25, -0.2) is 4.79 Å². The Bertz CT molecular complexity index is 947. The molecule has 0 N–H and O–H groups in total. The predicted octanol–water partition coefficient (Wildman–Crippen LogP) is 4.02. The molecule has 0 unspecified atom stereocenters. The average molecular weight is 438 g/mol. The highest BCUT2D eigenvalue weighted by molar-refractivity contribution is 5.92. The molecule has 0 aliphatic heterocycles. The maximum atomic E-state index is 12.8. The number of aryl methyl sites for hydroxylation is 1. The second-order valence-electron chi connectivity index (χ2n) is 7.66. The smallest absolute Gasteiger partial charge is 0.406 e. The number of hydrogen-bond acceptors (Lipinski definition) is 4. The summed E-state index contributed by atoms with van der Waals surface area (Å²) in [6.45, 7) is 1.65. The maximum Gasteiger partial charge on any atom is 0.406 e. The second kappa shape index (κ2) is 9.03. The van der Waals surface area contributed by atoms with E-state index < -0.39 is 25.3 Å². The molecule has 1 fully saturated rings. The molecule has 9 heteroatoms. The molecule has 2 aromatic rings. The van der Waals surface area contributed by atoms with Crippen LogP contribution in [0.5, 0.6) is 5.75 Å². The Balaban J connectivity index is 1.63. The lowest BCUT2D eigenvalue weighted by molar-refractivity contribution is -0.141. The van der Waals surface area contributed by atoms with Crippen molar-refractivity contribution in [3.05, 3.63) is 52.8 Å². The van der Waals surface area contributed by atoms with E-state index in [2.05, 4.69) is 0 Å². The zero-order valence-corrected chi connectivity index (χ0v) is 17.7. The molecule has 3 rings (SSSR count). The van der Waals surface area contributed by atoms with Crippen molar-refractivity contribution in [1.29, 1.82) is 0 Å². The van der Waals surface area contributed by atoms with Crippen molar-refractivity contribution in [2.24, 2.45) is 0 Å². The van der Waals surface area contributed by atoms with Gasteiger partial charge >= 0.3 is 12.1 Å². The molecule has 0 bridgehead atoms. The van der Waals surface area contributed by atoms with Gasteiger partial charge in [-0.15, -0.1) is 0 Å². The Kier molecular flexibility index (Phi) is 6.62. The van der Waals surface area contributed by atoms with Gasteiger partial charge in [0, 0.05) is 24.0 Å². The van der Waals surface area contributed by atoms with Crippen molar-refractivity contribution in [3.8, 4) is 5.75 Å². The molecule has 1 heterocycles. The minimum absolute atomic E-state index is 0.0303. The van der Waals surface area contributed by atoms with Crippen LogP contribution in [-0.4, -0.2) is 47.3 Å². The zero-order valence-electron chi connectivity index (χ0n) is 17.7. The van der Waals surface area contributed by atoms with Crippen LogP contribution in [0.2, 0.25) is 0 Å². The van der Waals surface area contributed by atoms with Gasteiger partial charge in [-0.1, -0.05) is 12.1 Å². The van der Waals surface area contributed by atoms with Crippen molar-refractivity contribution >= 4 is 11.9 Å². The number of esters is 1. The molecule has 0 radical (unpaired) electrons. The van der Waals surface area contributed by atoms with Gasteiger partial charge in [0.2, 0.25) is 0 Å². The third-order valence-corrected chi connectivity index (χ3v) is 5.28. The van der Waals surface area contributed by atoms with E-state index in [-0.39, 0.29) is 23.2 Å². The topological polar surface area (TPSA) is 60.8 Å². The Labute approximate surface area is 178 Å². The van der Waals surface area contributed by atoms with E-state index in [1.165, 1.54) is 19.9 Å². The lowest BCUT2D eigenvalue weighted by Crippen LogP contribution is -2.36. The predicted molar refractivity (Wildman–Crippen MR) is 107 cm³/mol. The Morgan fingerprint density at radius 2 is 1.81 bits per heavy atom. The molecule has 0 spiro atoms. The summed E-state index contributed by atoms with van der Waals surface area (Å²) < 4.78 is 49.6. The lowest BCUT2D eigenvalue weighted by atomic mass is 10.2. The first-order valence-electron chi connectivity index (χ1n) is 9.92. The van der Waals surface area contributed by atoms with Gasteiger partial charge < -0.3 is 18.9 Å². The third kappa shape index (κ3) is 5.80. The van der Waals surface area contributed by atoms with Crippen molar-refractivity contribution in [3.63, 3.8) is 0 Å². The number of hydrogen-bond donors (Lipinski definition) is 0. The van der Waals surface area contributed by atoms with Gasteiger partial charge in [-0.2, -0.15) is 13.2 Å². The second-order valence-corrected chi connectivity index (χ2v) is 7.66. The van der Waals surface area contributed by atoms with Gasteiger partial charge in [0.05, 0.1) is 12.7 Å². The Morgan fingerprint density at radius 3 is 2.35 bits per heavy atom. The number of amides is 1. The number of rotatable bonds is 8. The van der Waals surface area contributed by atoms with Gasteiger partial charge in [-0.05, 0) is 50.5 Å². The first-order chi connectivity index (χ1) is 14.6. The van der Waals surface area contributed by atoms with Crippen LogP contribution in [0.1, 0.15) is 40.2 Å². The van der Waals surface area contributed by atoms with E-state index >= 15 is 0 Å². The number of benzene rings is 1. The SMILES string of the molecule is COc1ccc(CN(C(=O)COC(=O)c2cc(C)n(CC(F)(F)F)c2C)C2CC2)cc1. The van der Waals surface area contributed by atoms with Crippen LogP contribution >= 0.6 is 0 Å². The van der Waals surface area contributed by atoms with E-state index in [9.17, 15) is 22.8 Å². The number of carbonyl (C=O) groups is 2. The minimum Gasteiger partial charge on any atom is -0.497 e. The highest BCUT2D eigenvalue weighted by Gasteiger charge is 2.34. The molecular weight excluding hydrogens is 413 g/mol. The summed E-state index contributed by atoms with van der Waals surface area (Å²) >= 11 is 0. The largest absolute Gasteiger partial charge is 0.497 e. The molecule has 6 nitrogen and oxygen atoms in total. The Hall–Kier alpha value is -2.97. The minimum atomic E-state index is -4.40. The quantitative estimate of drug-likeness (QED) is 0.584. The van der Waals surface area contributed by atoms with E-state index in [0.717, 1.165) is 23.0 Å².